The second-order valence-electron chi connectivity index (χ2n) is 6.65. The van der Waals surface area contributed by atoms with E-state index in [2.05, 4.69) is 10.1 Å². The number of halogens is 4. The van der Waals surface area contributed by atoms with Crippen molar-refractivity contribution in [2.24, 2.45) is 0 Å². The molecule has 1 N–H and O–H groups in total. The van der Waals surface area contributed by atoms with E-state index in [1.165, 1.54) is 28.8 Å². The lowest BCUT2D eigenvalue weighted by molar-refractivity contribution is -0.274. The number of nitrogens with one attached hydrogen (secondary N) is 1. The Hall–Kier alpha value is -3.29. The van der Waals surface area contributed by atoms with E-state index in [1.807, 2.05) is 0 Å². The van der Waals surface area contributed by atoms with Crippen molar-refractivity contribution in [2.75, 3.05) is 11.9 Å². The van der Waals surface area contributed by atoms with Crippen molar-refractivity contribution in [3.8, 4) is 22.6 Å². The molecule has 0 amide bonds. The van der Waals surface area contributed by atoms with Crippen molar-refractivity contribution in [3.63, 3.8) is 0 Å². The molecule has 0 saturated carbocycles. The molecule has 8 heteroatoms. The Bertz CT molecular complexity index is 1090. The van der Waals surface area contributed by atoms with Crippen LogP contribution in [0.2, 0.25) is 0 Å². The van der Waals surface area contributed by atoms with Crippen LogP contribution in [0.25, 0.3) is 16.8 Å². The van der Waals surface area contributed by atoms with Crippen LogP contribution in [-0.2, 0) is 6.42 Å². The second kappa shape index (κ2) is 7.27. The lowest BCUT2D eigenvalue weighted by atomic mass is 9.97. The zero-order valence-corrected chi connectivity index (χ0v) is 15.1. The topological polar surface area (TPSA) is 43.3 Å². The fraction of sp³-hybridized carbons (Fsp3) is 0.190. The van der Waals surface area contributed by atoms with E-state index in [9.17, 15) is 22.4 Å². The molecule has 4 rings (SSSR count). The lowest BCUT2D eigenvalue weighted by Crippen LogP contribution is -2.28. The average Bonchev–Trinajstić information content (AvgIpc) is 2.69. The number of hydrogen-bond acceptors (Lipinski definition) is 3. The largest absolute Gasteiger partial charge is 0.573 e. The fourth-order valence-corrected chi connectivity index (χ4v) is 3.43. The number of pyridine rings is 1. The standard InChI is InChI=1S/C21H16F4N2O2/c22-14-5-3-13(4-6-14)18-12-27(20(28)17-2-1-11-26-19(17)18)15-7-9-16(10-8-15)29-21(23,24)25/h3-10,12,26H,1-2,11H2. The predicted octanol–water partition coefficient (Wildman–Crippen LogP) is 4.90. The first-order valence-corrected chi connectivity index (χ1v) is 8.96. The molecule has 1 aromatic heterocycles. The maximum absolute atomic E-state index is 13.3. The van der Waals surface area contributed by atoms with E-state index in [0.29, 0.717) is 29.9 Å². The van der Waals surface area contributed by atoms with Crippen molar-refractivity contribution in [1.82, 2.24) is 4.57 Å². The number of rotatable bonds is 3. The van der Waals surface area contributed by atoms with E-state index >= 15 is 0 Å². The molecule has 29 heavy (non-hydrogen) atoms. The van der Waals surface area contributed by atoms with Crippen LogP contribution in [0, 0.1) is 5.82 Å². The van der Waals surface area contributed by atoms with Gasteiger partial charge in [0, 0.05) is 29.6 Å². The normalized spacial score (nSPS) is 13.5. The highest BCUT2D eigenvalue weighted by Crippen LogP contribution is 2.33. The first kappa shape index (κ1) is 19.0. The Labute approximate surface area is 163 Å². The van der Waals surface area contributed by atoms with Gasteiger partial charge in [-0.15, -0.1) is 13.2 Å². The van der Waals surface area contributed by atoms with Gasteiger partial charge in [0.2, 0.25) is 0 Å². The van der Waals surface area contributed by atoms with Crippen molar-refractivity contribution in [1.29, 1.82) is 0 Å². The van der Waals surface area contributed by atoms with Crippen LogP contribution in [-0.4, -0.2) is 17.5 Å². The van der Waals surface area contributed by atoms with Crippen LogP contribution < -0.4 is 15.6 Å². The number of nitrogens with zero attached hydrogens (tertiary/aromatic N) is 1. The van der Waals surface area contributed by atoms with Gasteiger partial charge in [-0.25, -0.2) is 4.39 Å². The molecule has 0 unspecified atom stereocenters. The minimum atomic E-state index is -4.79. The first-order chi connectivity index (χ1) is 13.8. The molecule has 2 heterocycles. The Morgan fingerprint density at radius 1 is 1.00 bits per heavy atom. The molecule has 0 radical (unpaired) electrons. The zero-order chi connectivity index (χ0) is 20.6. The molecule has 0 bridgehead atoms. The fourth-order valence-electron chi connectivity index (χ4n) is 3.43. The molecule has 0 aliphatic carbocycles. The molecule has 0 saturated heterocycles. The maximum atomic E-state index is 13.3. The van der Waals surface area contributed by atoms with Gasteiger partial charge >= 0.3 is 6.36 Å². The van der Waals surface area contributed by atoms with Gasteiger partial charge in [-0.2, -0.15) is 0 Å². The Balaban J connectivity index is 1.82. The Morgan fingerprint density at radius 2 is 1.69 bits per heavy atom. The van der Waals surface area contributed by atoms with E-state index in [-0.39, 0.29) is 17.1 Å². The number of anilines is 1. The van der Waals surface area contributed by atoms with Crippen LogP contribution in [0.3, 0.4) is 0 Å². The highest BCUT2D eigenvalue weighted by Gasteiger charge is 2.31. The summed E-state index contributed by atoms with van der Waals surface area (Å²) in [7, 11) is 0. The van der Waals surface area contributed by atoms with Gasteiger partial charge in [0.05, 0.1) is 5.69 Å². The van der Waals surface area contributed by atoms with Gasteiger partial charge in [-0.3, -0.25) is 9.36 Å². The molecule has 0 atom stereocenters. The summed E-state index contributed by atoms with van der Waals surface area (Å²) in [5.41, 5.74) is 2.90. The van der Waals surface area contributed by atoms with Crippen molar-refractivity contribution in [3.05, 3.63) is 76.5 Å². The summed E-state index contributed by atoms with van der Waals surface area (Å²) < 4.78 is 55.7. The second-order valence-corrected chi connectivity index (χ2v) is 6.65. The van der Waals surface area contributed by atoms with E-state index in [0.717, 1.165) is 29.7 Å². The summed E-state index contributed by atoms with van der Waals surface area (Å²) in [4.78, 5) is 13.0. The van der Waals surface area contributed by atoms with E-state index in [1.54, 1.807) is 18.3 Å². The third-order valence-corrected chi connectivity index (χ3v) is 4.72. The number of hydrogen-bond donors (Lipinski definition) is 1. The molecule has 0 fully saturated rings. The number of aromatic nitrogens is 1. The van der Waals surface area contributed by atoms with Crippen LogP contribution in [0.5, 0.6) is 5.75 Å². The number of alkyl halides is 3. The summed E-state index contributed by atoms with van der Waals surface area (Å²) in [6, 6.07) is 11.0. The summed E-state index contributed by atoms with van der Waals surface area (Å²) >= 11 is 0. The zero-order valence-electron chi connectivity index (χ0n) is 15.1. The van der Waals surface area contributed by atoms with Gasteiger partial charge in [0.1, 0.15) is 11.6 Å². The van der Waals surface area contributed by atoms with Crippen LogP contribution in [0.4, 0.5) is 23.2 Å². The van der Waals surface area contributed by atoms with E-state index < -0.39 is 6.36 Å². The minimum Gasteiger partial charge on any atom is -0.406 e. The van der Waals surface area contributed by atoms with Gasteiger partial charge < -0.3 is 10.1 Å². The summed E-state index contributed by atoms with van der Waals surface area (Å²) in [5, 5.41) is 3.25. The highest BCUT2D eigenvalue weighted by molar-refractivity contribution is 5.80. The van der Waals surface area contributed by atoms with Gasteiger partial charge in [-0.1, -0.05) is 12.1 Å². The molecule has 2 aromatic carbocycles. The SMILES string of the molecule is O=c1c2c(c(-c3ccc(F)cc3)cn1-c1ccc(OC(F)(F)F)cc1)NCCC2. The van der Waals surface area contributed by atoms with Crippen LogP contribution >= 0.6 is 0 Å². The van der Waals surface area contributed by atoms with Crippen molar-refractivity contribution >= 4 is 5.69 Å². The summed E-state index contributed by atoms with van der Waals surface area (Å²) in [5.74, 6) is -0.739. The van der Waals surface area contributed by atoms with Crippen LogP contribution in [0.1, 0.15) is 12.0 Å². The monoisotopic (exact) mass is 404 g/mol. The molecule has 4 nitrogen and oxygen atoms in total. The molecular formula is C21H16F4N2O2. The maximum Gasteiger partial charge on any atom is 0.573 e. The molecule has 1 aliphatic rings. The molecule has 1 aliphatic heterocycles. The smallest absolute Gasteiger partial charge is 0.406 e. The van der Waals surface area contributed by atoms with Crippen molar-refractivity contribution in [2.45, 2.75) is 19.2 Å². The number of fused-ring (bicyclic) bond motifs is 1. The summed E-state index contributed by atoms with van der Waals surface area (Å²) in [6.07, 6.45) is -1.81. The van der Waals surface area contributed by atoms with Crippen LogP contribution in [0.15, 0.2) is 59.5 Å². The first-order valence-electron chi connectivity index (χ1n) is 8.96. The summed E-state index contributed by atoms with van der Waals surface area (Å²) in [6.45, 7) is 0.716. The molecular weight excluding hydrogens is 388 g/mol. The Morgan fingerprint density at radius 3 is 2.34 bits per heavy atom. The van der Waals surface area contributed by atoms with Gasteiger partial charge in [0.15, 0.2) is 0 Å². The van der Waals surface area contributed by atoms with Crippen molar-refractivity contribution < 1.29 is 22.3 Å². The molecule has 150 valence electrons. The van der Waals surface area contributed by atoms with Gasteiger partial charge in [-0.05, 0) is 54.8 Å². The van der Waals surface area contributed by atoms with E-state index in [4.69, 9.17) is 0 Å². The predicted molar refractivity (Wildman–Crippen MR) is 101 cm³/mol. The minimum absolute atomic E-state index is 0.248. The number of benzene rings is 2. The Kier molecular flexibility index (Phi) is 4.77. The number of ether oxygens (including phenoxy) is 1. The molecule has 3 aromatic rings. The molecule has 0 spiro atoms. The van der Waals surface area contributed by atoms with Gasteiger partial charge in [0.25, 0.3) is 5.56 Å². The average molecular weight is 404 g/mol. The lowest BCUT2D eigenvalue weighted by Gasteiger charge is -2.23. The third kappa shape index (κ3) is 3.96. The quantitative estimate of drug-likeness (QED) is 0.632. The highest BCUT2D eigenvalue weighted by atomic mass is 19.4. The third-order valence-electron chi connectivity index (χ3n) is 4.72.